The van der Waals surface area contributed by atoms with Gasteiger partial charge in [-0.25, -0.2) is 4.98 Å². The topological polar surface area (TPSA) is 66.2 Å². The molecule has 0 saturated carbocycles. The van der Waals surface area contributed by atoms with E-state index in [1.807, 2.05) is 19.9 Å². The maximum absolute atomic E-state index is 12.3. The molecule has 0 spiro atoms. The molecule has 120 valence electrons. The van der Waals surface area contributed by atoms with Crippen LogP contribution in [0.2, 0.25) is 0 Å². The van der Waals surface area contributed by atoms with E-state index in [1.54, 1.807) is 0 Å². The highest BCUT2D eigenvalue weighted by molar-refractivity contribution is 5.94. The van der Waals surface area contributed by atoms with Gasteiger partial charge in [-0.1, -0.05) is 0 Å². The maximum atomic E-state index is 12.3. The molecule has 8 heteroatoms. The number of hydrogen-bond acceptors (Lipinski definition) is 4. The minimum Gasteiger partial charge on any atom is -0.468 e. The normalized spacial score (nSPS) is 11.1. The molecule has 0 aliphatic rings. The van der Waals surface area contributed by atoms with Crippen molar-refractivity contribution in [1.82, 2.24) is 9.88 Å². The van der Waals surface area contributed by atoms with E-state index in [0.29, 0.717) is 0 Å². The van der Waals surface area contributed by atoms with Gasteiger partial charge in [0.25, 0.3) is 5.91 Å². The van der Waals surface area contributed by atoms with Gasteiger partial charge in [0.2, 0.25) is 5.88 Å². The first kappa shape index (κ1) is 17.8. The van der Waals surface area contributed by atoms with E-state index in [0.717, 1.165) is 6.20 Å². The predicted octanol–water partition coefficient (Wildman–Crippen LogP) is 2.79. The van der Waals surface area contributed by atoms with Crippen LogP contribution in [0.3, 0.4) is 0 Å². The Labute approximate surface area is 126 Å². The summed E-state index contributed by atoms with van der Waals surface area (Å²) in [6.07, 6.45) is -3.08. The molecule has 0 N–H and O–H groups in total. The maximum Gasteiger partial charge on any atom is 0.422 e. The zero-order valence-electron chi connectivity index (χ0n) is 12.2. The van der Waals surface area contributed by atoms with E-state index < -0.39 is 12.8 Å². The molecule has 5 nitrogen and oxygen atoms in total. The van der Waals surface area contributed by atoms with E-state index in [9.17, 15) is 18.0 Å². The highest BCUT2D eigenvalue weighted by Crippen LogP contribution is 2.17. The van der Waals surface area contributed by atoms with Gasteiger partial charge in [-0.2, -0.15) is 18.4 Å². The molecule has 1 amide bonds. The monoisotopic (exact) mass is 315 g/mol. The molecule has 1 rings (SSSR count). The molecule has 0 unspecified atom stereocenters. The van der Waals surface area contributed by atoms with Crippen LogP contribution in [0.1, 0.15) is 30.6 Å². The Morgan fingerprint density at radius 2 is 2.14 bits per heavy atom. The Balaban J connectivity index is 2.76. The van der Waals surface area contributed by atoms with E-state index in [-0.39, 0.29) is 36.4 Å². The van der Waals surface area contributed by atoms with Crippen molar-refractivity contribution in [3.63, 3.8) is 0 Å². The molecule has 0 aliphatic carbocycles. The van der Waals surface area contributed by atoms with Gasteiger partial charge in [0.15, 0.2) is 6.61 Å². The molecule has 0 radical (unpaired) electrons. The van der Waals surface area contributed by atoms with Crippen LogP contribution in [0.15, 0.2) is 18.3 Å². The van der Waals surface area contributed by atoms with E-state index in [4.69, 9.17) is 5.26 Å². The molecule has 0 atom stereocenters. The van der Waals surface area contributed by atoms with Crippen molar-refractivity contribution in [1.29, 1.82) is 5.26 Å². The van der Waals surface area contributed by atoms with Gasteiger partial charge in [0.1, 0.15) is 0 Å². The fourth-order valence-corrected chi connectivity index (χ4v) is 1.68. The Morgan fingerprint density at radius 1 is 1.45 bits per heavy atom. The number of amides is 1. The molecule has 0 bridgehead atoms. The summed E-state index contributed by atoms with van der Waals surface area (Å²) in [6.45, 7) is 2.46. The average Bonchev–Trinajstić information content (AvgIpc) is 2.44. The minimum atomic E-state index is -4.44. The number of ether oxygens (including phenoxy) is 1. The minimum absolute atomic E-state index is 0.109. The summed E-state index contributed by atoms with van der Waals surface area (Å²) in [5.74, 6) is -0.540. The molecule has 0 saturated heterocycles. The third kappa shape index (κ3) is 5.60. The van der Waals surface area contributed by atoms with Crippen molar-refractivity contribution < 1.29 is 22.7 Å². The van der Waals surface area contributed by atoms with Gasteiger partial charge in [0, 0.05) is 24.8 Å². The largest absolute Gasteiger partial charge is 0.468 e. The van der Waals surface area contributed by atoms with Crippen LogP contribution in [-0.2, 0) is 0 Å². The second kappa shape index (κ2) is 7.64. The summed E-state index contributed by atoms with van der Waals surface area (Å²) < 4.78 is 40.5. The summed E-state index contributed by atoms with van der Waals surface area (Å²) in [5.41, 5.74) is 0.228. The zero-order valence-corrected chi connectivity index (χ0v) is 12.2. The van der Waals surface area contributed by atoms with Crippen molar-refractivity contribution in [3.8, 4) is 11.9 Å². The van der Waals surface area contributed by atoms with Gasteiger partial charge in [-0.05, 0) is 19.9 Å². The van der Waals surface area contributed by atoms with Crippen molar-refractivity contribution in [3.05, 3.63) is 23.9 Å². The van der Waals surface area contributed by atoms with Crippen LogP contribution in [0.25, 0.3) is 0 Å². The van der Waals surface area contributed by atoms with Crippen LogP contribution in [-0.4, -0.2) is 41.2 Å². The van der Waals surface area contributed by atoms with Crippen LogP contribution in [0, 0.1) is 11.3 Å². The van der Waals surface area contributed by atoms with Crippen molar-refractivity contribution in [2.24, 2.45) is 0 Å². The van der Waals surface area contributed by atoms with E-state index >= 15 is 0 Å². The number of nitriles is 1. The van der Waals surface area contributed by atoms with Crippen LogP contribution in [0.5, 0.6) is 5.88 Å². The molecular weight excluding hydrogens is 299 g/mol. The van der Waals surface area contributed by atoms with E-state index in [1.165, 1.54) is 17.0 Å². The second-order valence-electron chi connectivity index (χ2n) is 4.79. The van der Waals surface area contributed by atoms with Crippen molar-refractivity contribution in [2.75, 3.05) is 13.2 Å². The first-order chi connectivity index (χ1) is 10.2. The Morgan fingerprint density at radius 3 is 2.59 bits per heavy atom. The van der Waals surface area contributed by atoms with Gasteiger partial charge in [-0.15, -0.1) is 0 Å². The smallest absolute Gasteiger partial charge is 0.422 e. The Bertz CT molecular complexity index is 536. The molecule has 0 aliphatic heterocycles. The lowest BCUT2D eigenvalue weighted by Gasteiger charge is -2.25. The van der Waals surface area contributed by atoms with Crippen LogP contribution in [0.4, 0.5) is 13.2 Å². The molecule has 1 aromatic rings. The number of carbonyl (C=O) groups is 1. The lowest BCUT2D eigenvalue weighted by Crippen LogP contribution is -2.37. The number of carbonyl (C=O) groups excluding carboxylic acids is 1. The summed E-state index contributed by atoms with van der Waals surface area (Å²) in [5, 5.41) is 8.60. The SMILES string of the molecule is CC(C)N(CCC#N)C(=O)c1ccc(OCC(F)(F)F)nc1. The van der Waals surface area contributed by atoms with Gasteiger partial charge in [0.05, 0.1) is 18.1 Å². The number of pyridine rings is 1. The first-order valence-electron chi connectivity index (χ1n) is 6.58. The molecule has 0 fully saturated rings. The van der Waals surface area contributed by atoms with Gasteiger partial charge >= 0.3 is 6.18 Å². The summed E-state index contributed by atoms with van der Waals surface area (Å²) in [4.78, 5) is 17.5. The van der Waals surface area contributed by atoms with Crippen molar-refractivity contribution >= 4 is 5.91 Å². The summed E-state index contributed by atoms with van der Waals surface area (Å²) in [6, 6.07) is 4.41. The zero-order chi connectivity index (χ0) is 16.8. The summed E-state index contributed by atoms with van der Waals surface area (Å²) >= 11 is 0. The van der Waals surface area contributed by atoms with Gasteiger partial charge in [-0.3, -0.25) is 4.79 Å². The third-order valence-electron chi connectivity index (χ3n) is 2.72. The molecule has 1 heterocycles. The predicted molar refractivity (Wildman–Crippen MR) is 72.2 cm³/mol. The second-order valence-corrected chi connectivity index (χ2v) is 4.79. The van der Waals surface area contributed by atoms with Crippen LogP contribution < -0.4 is 4.74 Å². The lowest BCUT2D eigenvalue weighted by atomic mass is 10.2. The van der Waals surface area contributed by atoms with Crippen LogP contribution >= 0.6 is 0 Å². The molecule has 1 aromatic heterocycles. The number of alkyl halides is 3. The average molecular weight is 315 g/mol. The fourth-order valence-electron chi connectivity index (χ4n) is 1.68. The standard InChI is InChI=1S/C14H16F3N3O2/c1-10(2)20(7-3-6-18)13(21)11-4-5-12(19-8-11)22-9-14(15,16)17/h4-5,8,10H,3,7,9H2,1-2H3. The third-order valence-corrected chi connectivity index (χ3v) is 2.72. The van der Waals surface area contributed by atoms with Gasteiger partial charge < -0.3 is 9.64 Å². The lowest BCUT2D eigenvalue weighted by molar-refractivity contribution is -0.154. The summed E-state index contributed by atoms with van der Waals surface area (Å²) in [7, 11) is 0. The number of rotatable bonds is 6. The first-order valence-corrected chi connectivity index (χ1v) is 6.58. The molecule has 22 heavy (non-hydrogen) atoms. The Hall–Kier alpha value is -2.30. The van der Waals surface area contributed by atoms with Crippen molar-refractivity contribution in [2.45, 2.75) is 32.5 Å². The number of halogens is 3. The molecular formula is C14H16F3N3O2. The number of aromatic nitrogens is 1. The number of hydrogen-bond donors (Lipinski definition) is 0. The highest BCUT2D eigenvalue weighted by atomic mass is 19.4. The highest BCUT2D eigenvalue weighted by Gasteiger charge is 2.28. The molecule has 0 aromatic carbocycles. The Kier molecular flexibility index (Phi) is 6.16. The van der Waals surface area contributed by atoms with E-state index in [2.05, 4.69) is 9.72 Å². The fraction of sp³-hybridized carbons (Fsp3) is 0.500. The quantitative estimate of drug-likeness (QED) is 0.809. The number of nitrogens with zero attached hydrogens (tertiary/aromatic N) is 3.